The van der Waals surface area contributed by atoms with Crippen molar-refractivity contribution < 1.29 is 38.6 Å². The summed E-state index contributed by atoms with van der Waals surface area (Å²) in [5.74, 6) is 2.74. The maximum atomic E-state index is 11.4. The summed E-state index contributed by atoms with van der Waals surface area (Å²) in [6.45, 7) is 19.7. The Bertz CT molecular complexity index is 7400. The minimum absolute atomic E-state index is 0.0727. The van der Waals surface area contributed by atoms with Gasteiger partial charge in [-0.3, -0.25) is 40.5 Å². The van der Waals surface area contributed by atoms with E-state index >= 15 is 0 Å². The molecule has 23 rings (SSSR count). The molecule has 15 aromatic carbocycles. The van der Waals surface area contributed by atoms with Gasteiger partial charge in [-0.15, -0.1) is 0 Å². The van der Waals surface area contributed by atoms with Crippen molar-refractivity contribution in [2.45, 2.75) is 126 Å². The quantitative estimate of drug-likeness (QED) is 0.0529. The third kappa shape index (κ3) is 15.3. The number of hydrogen-bond acceptors (Lipinski definition) is 16. The van der Waals surface area contributed by atoms with Gasteiger partial charge in [-0.05, 0) is 194 Å². The van der Waals surface area contributed by atoms with Crippen LogP contribution in [-0.4, -0.2) is 36.9 Å². The van der Waals surface area contributed by atoms with Gasteiger partial charge in [0, 0.05) is 99.1 Å². The second kappa shape index (κ2) is 34.9. The standard InChI is InChI=1S/C33H28N2O3.C31H26N2O3.C29H24N2O3.C25H22N2O3/c1-32(2)29-10-6-7-11-30(29)34-23-27-22-28(35(36)37)18-19-31(27)38-33(32,34)21-20-26-16-14-25(15-17-26)13-12-24-8-4-3-5-9-24;1-30(2)27-10-6-7-11-28(27)32-21-25-20-26(33(34)35)16-17-29(25)36-31(30,32)19-18-22-12-14-24(15-13-22)23-8-4-3-5-9-23;1-28(2)25-10-6-7-11-26(25)30-19-22-18-24(31(32)33)16-17-27(22)34-29(28,30)23-14-12-21(13-15-23)20-8-4-3-5-9-20;1-24(2)21-10-6-7-11-22(21)26-17-19-16-20(27(28)29)12-13-23(19)30-25(24,26)15-14-18-8-4-3-5-9-18/h3-22H,23H2,1-2H3;3-20H,21H2,1-2H3;3-18H,19H2,1-2H3;3-16H,17H2,1-2H3/b13-12+,21-20+;19-18+;;15-14+. The summed E-state index contributed by atoms with van der Waals surface area (Å²) >= 11 is 0. The summed E-state index contributed by atoms with van der Waals surface area (Å²) in [5.41, 5.74) is 19.4. The van der Waals surface area contributed by atoms with Crippen LogP contribution >= 0.6 is 0 Å². The van der Waals surface area contributed by atoms with Crippen LogP contribution < -0.4 is 38.5 Å². The summed E-state index contributed by atoms with van der Waals surface area (Å²) in [6, 6.07) is 119. The lowest BCUT2D eigenvalue weighted by Gasteiger charge is -2.50. The van der Waals surface area contributed by atoms with Crippen LogP contribution in [0.3, 0.4) is 0 Å². The Morgan fingerprint density at radius 2 is 0.486 bits per heavy atom. The molecular weight excluding hydrogens is 1720 g/mol. The fourth-order valence-electron chi connectivity index (χ4n) is 21.4. The molecule has 0 saturated carbocycles. The number of nitro groups is 4. The molecule has 0 saturated heterocycles. The van der Waals surface area contributed by atoms with E-state index in [1.54, 1.807) is 48.5 Å². The van der Waals surface area contributed by atoms with Gasteiger partial charge in [0.15, 0.2) is 0 Å². The van der Waals surface area contributed by atoms with Gasteiger partial charge >= 0.3 is 0 Å². The molecule has 0 N–H and O–H groups in total. The molecule has 138 heavy (non-hydrogen) atoms. The van der Waals surface area contributed by atoms with Crippen LogP contribution in [0.2, 0.25) is 0 Å². The lowest BCUT2D eigenvalue weighted by atomic mass is 9.73. The zero-order valence-corrected chi connectivity index (χ0v) is 77.6. The molecule has 20 heteroatoms. The van der Waals surface area contributed by atoms with Crippen molar-refractivity contribution in [3.63, 3.8) is 0 Å². The molecular formula is C118H100N8O12. The molecule has 0 aromatic heterocycles. The van der Waals surface area contributed by atoms with Crippen LogP contribution in [0, 0.1) is 40.5 Å². The van der Waals surface area contributed by atoms with E-state index in [4.69, 9.17) is 18.9 Å². The number of non-ortho nitro benzene ring substituents is 4. The van der Waals surface area contributed by atoms with Gasteiger partial charge in [0.05, 0.1) is 67.5 Å². The lowest BCUT2D eigenvalue weighted by Crippen LogP contribution is -2.60. The number of hydrogen-bond donors (Lipinski definition) is 0. The summed E-state index contributed by atoms with van der Waals surface area (Å²) in [4.78, 5) is 53.0. The van der Waals surface area contributed by atoms with Gasteiger partial charge in [0.2, 0.25) is 22.9 Å². The minimum atomic E-state index is -0.786. The molecule has 8 heterocycles. The Balaban J connectivity index is 0.000000114. The summed E-state index contributed by atoms with van der Waals surface area (Å²) in [6.07, 6.45) is 17.0. The molecule has 15 aromatic rings. The largest absolute Gasteiger partial charge is 0.463 e. The molecule has 0 bridgehead atoms. The van der Waals surface area contributed by atoms with E-state index < -0.39 is 22.9 Å². The zero-order valence-electron chi connectivity index (χ0n) is 77.6. The molecule has 684 valence electrons. The SMILES string of the molecule is CC1(C)c2ccccc2N2Cc3cc([N+](=O)[O-])ccc3OC21/C=C/c1ccc(-c2ccccc2)cc1.CC1(C)c2ccccc2N2Cc3cc([N+](=O)[O-])ccc3OC21/C=C/c1ccc(/C=C/c2ccccc2)cc1.CC1(C)c2ccccc2N2Cc3cc([N+](=O)[O-])ccc3OC21/C=C/c1ccccc1.CC1(C)c2ccccc2N2Cc3cc([N+](=O)[O-])ccc3OC21c1ccc(-c2ccccc2)cc1. The molecule has 4 atom stereocenters. The van der Waals surface area contributed by atoms with E-state index in [0.717, 1.165) is 78.4 Å². The average molecular weight is 1820 g/mol. The van der Waals surface area contributed by atoms with Gasteiger partial charge in [-0.25, -0.2) is 0 Å². The molecule has 4 unspecified atom stereocenters. The summed E-state index contributed by atoms with van der Waals surface area (Å²) in [7, 11) is 0. The van der Waals surface area contributed by atoms with Crippen LogP contribution in [0.15, 0.2) is 382 Å². The topological polar surface area (TPSA) is 222 Å². The maximum Gasteiger partial charge on any atom is 0.270 e. The Kier molecular flexibility index (Phi) is 22.6. The van der Waals surface area contributed by atoms with Crippen LogP contribution in [0.4, 0.5) is 45.5 Å². The molecule has 0 fully saturated rings. The van der Waals surface area contributed by atoms with Crippen molar-refractivity contribution in [2.24, 2.45) is 0 Å². The Hall–Kier alpha value is -16.7. The number of ether oxygens (including phenoxy) is 4. The summed E-state index contributed by atoms with van der Waals surface area (Å²) < 4.78 is 27.2. The van der Waals surface area contributed by atoms with Gasteiger partial charge in [0.25, 0.3) is 22.7 Å². The van der Waals surface area contributed by atoms with Crippen molar-refractivity contribution >= 4 is 75.9 Å². The molecule has 0 spiro atoms. The number of rotatable bonds is 15. The average Bonchev–Trinajstić information content (AvgIpc) is 1.54. The van der Waals surface area contributed by atoms with E-state index in [-0.39, 0.29) is 64.1 Å². The number of anilines is 4. The Morgan fingerprint density at radius 1 is 0.246 bits per heavy atom. The first kappa shape index (κ1) is 89.1. The van der Waals surface area contributed by atoms with E-state index in [1.807, 2.05) is 103 Å². The third-order valence-corrected chi connectivity index (χ3v) is 28.9. The zero-order chi connectivity index (χ0) is 95.7. The van der Waals surface area contributed by atoms with Crippen LogP contribution in [0.5, 0.6) is 23.0 Å². The van der Waals surface area contributed by atoms with E-state index in [1.165, 1.54) is 68.8 Å². The first-order valence-corrected chi connectivity index (χ1v) is 46.2. The maximum absolute atomic E-state index is 11.4. The highest BCUT2D eigenvalue weighted by Crippen LogP contribution is 2.63. The van der Waals surface area contributed by atoms with Crippen molar-refractivity contribution in [3.05, 3.63) is 501 Å². The predicted molar refractivity (Wildman–Crippen MR) is 546 cm³/mol. The van der Waals surface area contributed by atoms with E-state index in [9.17, 15) is 40.5 Å². The fourth-order valence-corrected chi connectivity index (χ4v) is 21.4. The minimum Gasteiger partial charge on any atom is -0.463 e. The molecule has 0 amide bonds. The highest BCUT2D eigenvalue weighted by Gasteiger charge is 2.65. The second-order valence-electron chi connectivity index (χ2n) is 38.0. The monoisotopic (exact) mass is 1820 g/mol. The second-order valence-corrected chi connectivity index (χ2v) is 38.0. The molecule has 8 aliphatic rings. The van der Waals surface area contributed by atoms with Crippen LogP contribution in [0.25, 0.3) is 52.6 Å². The van der Waals surface area contributed by atoms with Crippen LogP contribution in [0.1, 0.15) is 133 Å². The number of para-hydroxylation sites is 4. The highest BCUT2D eigenvalue weighted by atomic mass is 16.6. The molecule has 0 aliphatic carbocycles. The normalized spacial score (nSPS) is 19.7. The van der Waals surface area contributed by atoms with Gasteiger partial charge in [-0.1, -0.05) is 297 Å². The van der Waals surface area contributed by atoms with E-state index in [2.05, 4.69) is 312 Å². The van der Waals surface area contributed by atoms with Crippen molar-refractivity contribution in [2.75, 3.05) is 19.6 Å². The van der Waals surface area contributed by atoms with Crippen molar-refractivity contribution in [1.29, 1.82) is 0 Å². The van der Waals surface area contributed by atoms with Gasteiger partial charge in [0.1, 0.15) is 23.0 Å². The fraction of sp³-hybridized carbons (Fsp3) is 0.169. The number of nitro benzene ring substituents is 4. The molecule has 0 radical (unpaired) electrons. The summed E-state index contributed by atoms with van der Waals surface area (Å²) in [5, 5.41) is 45.5. The van der Waals surface area contributed by atoms with Gasteiger partial charge in [-0.2, -0.15) is 0 Å². The Morgan fingerprint density at radius 3 is 0.812 bits per heavy atom. The molecule has 8 aliphatic heterocycles. The lowest BCUT2D eigenvalue weighted by molar-refractivity contribution is -0.385. The highest BCUT2D eigenvalue weighted by molar-refractivity contribution is 5.79. The number of fused-ring (bicyclic) bond motifs is 16. The first-order chi connectivity index (χ1) is 66.6. The van der Waals surface area contributed by atoms with E-state index in [0.29, 0.717) is 49.2 Å². The smallest absolute Gasteiger partial charge is 0.270 e. The first-order valence-electron chi connectivity index (χ1n) is 46.2. The Labute approximate surface area is 801 Å². The van der Waals surface area contributed by atoms with Crippen molar-refractivity contribution in [3.8, 4) is 45.3 Å². The number of benzene rings is 15. The van der Waals surface area contributed by atoms with Gasteiger partial charge < -0.3 is 38.5 Å². The predicted octanol–water partition coefficient (Wildman–Crippen LogP) is 27.7. The van der Waals surface area contributed by atoms with Crippen LogP contribution in [-0.2, 0) is 53.6 Å². The van der Waals surface area contributed by atoms with Crippen molar-refractivity contribution in [1.82, 2.24) is 0 Å². The molecule has 20 nitrogen and oxygen atoms in total. The third-order valence-electron chi connectivity index (χ3n) is 28.9. The number of nitrogens with zero attached hydrogens (tertiary/aromatic N) is 8.